The molecule has 2 fully saturated rings. The molecule has 0 spiro atoms. The van der Waals surface area contributed by atoms with Gasteiger partial charge in [0.25, 0.3) is 0 Å². The van der Waals surface area contributed by atoms with Gasteiger partial charge in [0.2, 0.25) is 0 Å². The fourth-order valence-electron chi connectivity index (χ4n) is 5.14. The molecule has 2 heteroatoms. The second-order valence-electron chi connectivity index (χ2n) is 8.81. The summed E-state index contributed by atoms with van der Waals surface area (Å²) >= 11 is 0. The van der Waals surface area contributed by atoms with Crippen molar-refractivity contribution in [1.82, 2.24) is 9.80 Å². The summed E-state index contributed by atoms with van der Waals surface area (Å²) in [5, 5.41) is 0. The van der Waals surface area contributed by atoms with E-state index in [-0.39, 0.29) is 0 Å². The summed E-state index contributed by atoms with van der Waals surface area (Å²) in [6.07, 6.45) is 9.61. The van der Waals surface area contributed by atoms with Gasteiger partial charge < -0.3 is 0 Å². The van der Waals surface area contributed by atoms with Crippen molar-refractivity contribution in [1.29, 1.82) is 0 Å². The zero-order valence-electron chi connectivity index (χ0n) is 16.9. The zero-order chi connectivity index (χ0) is 17.9. The Morgan fingerprint density at radius 3 is 2.36 bits per heavy atom. The Morgan fingerprint density at radius 1 is 1.08 bits per heavy atom. The summed E-state index contributed by atoms with van der Waals surface area (Å²) < 4.78 is 0. The van der Waals surface area contributed by atoms with Crippen LogP contribution in [0.25, 0.3) is 0 Å². The summed E-state index contributed by atoms with van der Waals surface area (Å²) in [4.78, 5) is 5.61. The van der Waals surface area contributed by atoms with E-state index in [4.69, 9.17) is 0 Å². The molecule has 0 bridgehead atoms. The molecule has 140 valence electrons. The van der Waals surface area contributed by atoms with Crippen LogP contribution in [-0.4, -0.2) is 41.0 Å². The molecule has 2 atom stereocenters. The number of piperazine rings is 1. The third-order valence-electron chi connectivity index (χ3n) is 6.80. The molecule has 2 unspecified atom stereocenters. The minimum absolute atomic E-state index is 0.461. The van der Waals surface area contributed by atoms with Crippen LogP contribution in [0.2, 0.25) is 0 Å². The van der Waals surface area contributed by atoms with Gasteiger partial charge in [-0.1, -0.05) is 62.4 Å². The second-order valence-corrected chi connectivity index (χ2v) is 8.81. The van der Waals surface area contributed by atoms with Crippen LogP contribution in [0.5, 0.6) is 0 Å². The highest BCUT2D eigenvalue weighted by Gasteiger charge is 2.38. The van der Waals surface area contributed by atoms with Gasteiger partial charge in [-0.2, -0.15) is 0 Å². The van der Waals surface area contributed by atoms with Crippen molar-refractivity contribution in [3.63, 3.8) is 0 Å². The molecule has 25 heavy (non-hydrogen) atoms. The highest BCUT2D eigenvalue weighted by molar-refractivity contribution is 5.24. The minimum atomic E-state index is 0.461. The first kappa shape index (κ1) is 18.9. The van der Waals surface area contributed by atoms with E-state index in [2.05, 4.69) is 61.8 Å². The Balaban J connectivity index is 1.71. The Morgan fingerprint density at radius 2 is 1.76 bits per heavy atom. The molecular weight excluding hydrogens is 304 g/mol. The molecule has 0 radical (unpaired) electrons. The first-order valence-electron chi connectivity index (χ1n) is 10.6. The minimum Gasteiger partial charge on any atom is -0.295 e. The van der Waals surface area contributed by atoms with Gasteiger partial charge in [0.05, 0.1) is 0 Å². The van der Waals surface area contributed by atoms with E-state index in [1.165, 1.54) is 75.7 Å². The van der Waals surface area contributed by atoms with Crippen LogP contribution in [0.1, 0.15) is 82.9 Å². The van der Waals surface area contributed by atoms with E-state index in [1.807, 2.05) is 0 Å². The van der Waals surface area contributed by atoms with E-state index >= 15 is 0 Å². The van der Waals surface area contributed by atoms with Crippen molar-refractivity contribution in [2.24, 2.45) is 0 Å². The highest BCUT2D eigenvalue weighted by Crippen LogP contribution is 2.37. The first-order chi connectivity index (χ1) is 12.0. The quantitative estimate of drug-likeness (QED) is 0.690. The van der Waals surface area contributed by atoms with Gasteiger partial charge in [-0.3, -0.25) is 9.80 Å². The lowest BCUT2D eigenvalue weighted by Crippen LogP contribution is -2.60. The summed E-state index contributed by atoms with van der Waals surface area (Å²) in [6, 6.07) is 10.5. The molecule has 1 aliphatic heterocycles. The van der Waals surface area contributed by atoms with Gasteiger partial charge in [0, 0.05) is 37.3 Å². The average Bonchev–Trinajstić information content (AvgIpc) is 2.61. The molecule has 1 heterocycles. The van der Waals surface area contributed by atoms with Crippen molar-refractivity contribution in [3.05, 3.63) is 35.4 Å². The van der Waals surface area contributed by atoms with Crippen LogP contribution in [0.3, 0.4) is 0 Å². The smallest absolute Gasteiger partial charge is 0.0351 e. The fraction of sp³-hybridized carbons (Fsp3) is 0.739. The summed E-state index contributed by atoms with van der Waals surface area (Å²) in [7, 11) is 0. The predicted octanol–water partition coefficient (Wildman–Crippen LogP) is 5.57. The lowest BCUT2D eigenvalue weighted by molar-refractivity contribution is -0.0228. The molecule has 1 aliphatic carbocycles. The van der Waals surface area contributed by atoms with E-state index in [9.17, 15) is 0 Å². The Labute approximate surface area is 155 Å². The SMILES string of the molecule is CCCC(c1ccc(C)cc1)N1CCN(C2(C)CCCCC2)CC1C. The van der Waals surface area contributed by atoms with Gasteiger partial charge >= 0.3 is 0 Å². The first-order valence-corrected chi connectivity index (χ1v) is 10.6. The van der Waals surface area contributed by atoms with E-state index in [0.29, 0.717) is 17.6 Å². The van der Waals surface area contributed by atoms with Gasteiger partial charge in [0.1, 0.15) is 0 Å². The van der Waals surface area contributed by atoms with Gasteiger partial charge in [-0.15, -0.1) is 0 Å². The largest absolute Gasteiger partial charge is 0.295 e. The standard InChI is InChI=1S/C23H38N2/c1-5-9-22(21-12-10-19(2)11-13-21)25-17-16-24(18-20(25)3)23(4)14-7-6-8-15-23/h10-13,20,22H,5-9,14-18H2,1-4H3. The average molecular weight is 343 g/mol. The fourth-order valence-corrected chi connectivity index (χ4v) is 5.14. The topological polar surface area (TPSA) is 6.48 Å². The maximum atomic E-state index is 2.82. The van der Waals surface area contributed by atoms with E-state index in [0.717, 1.165) is 0 Å². The van der Waals surface area contributed by atoms with Gasteiger partial charge in [-0.25, -0.2) is 0 Å². The van der Waals surface area contributed by atoms with Gasteiger partial charge in [0.15, 0.2) is 0 Å². The number of benzene rings is 1. The third kappa shape index (κ3) is 4.28. The molecule has 3 rings (SSSR count). The third-order valence-corrected chi connectivity index (χ3v) is 6.80. The van der Waals surface area contributed by atoms with Crippen LogP contribution in [0.15, 0.2) is 24.3 Å². The maximum absolute atomic E-state index is 2.82. The Kier molecular flexibility index (Phi) is 6.22. The predicted molar refractivity (Wildman–Crippen MR) is 108 cm³/mol. The van der Waals surface area contributed by atoms with Crippen molar-refractivity contribution in [3.8, 4) is 0 Å². The van der Waals surface area contributed by atoms with Crippen molar-refractivity contribution >= 4 is 0 Å². The summed E-state index contributed by atoms with van der Waals surface area (Å²) in [5.41, 5.74) is 3.33. The molecule has 1 saturated heterocycles. The number of nitrogens with zero attached hydrogens (tertiary/aromatic N) is 2. The molecule has 0 aromatic heterocycles. The molecule has 1 saturated carbocycles. The summed E-state index contributed by atoms with van der Waals surface area (Å²) in [6.45, 7) is 13.2. The molecule has 2 nitrogen and oxygen atoms in total. The van der Waals surface area contributed by atoms with Crippen LogP contribution in [0.4, 0.5) is 0 Å². The van der Waals surface area contributed by atoms with E-state index < -0.39 is 0 Å². The number of aryl methyl sites for hydroxylation is 1. The molecule has 0 N–H and O–H groups in total. The van der Waals surface area contributed by atoms with Crippen LogP contribution in [-0.2, 0) is 0 Å². The van der Waals surface area contributed by atoms with Crippen LogP contribution >= 0.6 is 0 Å². The van der Waals surface area contributed by atoms with E-state index in [1.54, 1.807) is 0 Å². The molecule has 1 aromatic rings. The highest BCUT2D eigenvalue weighted by atomic mass is 15.3. The molecule has 2 aliphatic rings. The summed E-state index contributed by atoms with van der Waals surface area (Å²) in [5.74, 6) is 0. The maximum Gasteiger partial charge on any atom is 0.0351 e. The second kappa shape index (κ2) is 8.22. The van der Waals surface area contributed by atoms with Gasteiger partial charge in [-0.05, 0) is 45.6 Å². The normalized spacial score (nSPS) is 26.5. The Bertz CT molecular complexity index is 530. The van der Waals surface area contributed by atoms with Crippen molar-refractivity contribution in [2.75, 3.05) is 19.6 Å². The Hall–Kier alpha value is -0.860. The molecule has 1 aromatic carbocycles. The van der Waals surface area contributed by atoms with Crippen molar-refractivity contribution < 1.29 is 0 Å². The van der Waals surface area contributed by atoms with Crippen LogP contribution < -0.4 is 0 Å². The lowest BCUT2D eigenvalue weighted by atomic mass is 9.81. The number of hydrogen-bond acceptors (Lipinski definition) is 2. The molecule has 0 amide bonds. The van der Waals surface area contributed by atoms with Crippen LogP contribution in [0, 0.1) is 6.92 Å². The zero-order valence-corrected chi connectivity index (χ0v) is 16.9. The molecular formula is C23H38N2. The lowest BCUT2D eigenvalue weighted by Gasteiger charge is -2.52. The van der Waals surface area contributed by atoms with Crippen molar-refractivity contribution in [2.45, 2.75) is 90.3 Å². The monoisotopic (exact) mass is 342 g/mol. The number of hydrogen-bond donors (Lipinski definition) is 0. The number of rotatable bonds is 5.